The van der Waals surface area contributed by atoms with Crippen LogP contribution in [0.3, 0.4) is 0 Å². The van der Waals surface area contributed by atoms with Gasteiger partial charge in [-0.25, -0.2) is 0 Å². The second kappa shape index (κ2) is 8.06. The van der Waals surface area contributed by atoms with Crippen LogP contribution in [0.1, 0.15) is 18.5 Å². The van der Waals surface area contributed by atoms with Crippen molar-refractivity contribution >= 4 is 0 Å². The van der Waals surface area contributed by atoms with E-state index >= 15 is 0 Å². The first-order valence-corrected chi connectivity index (χ1v) is 5.84. The van der Waals surface area contributed by atoms with Crippen molar-refractivity contribution in [1.29, 1.82) is 0 Å². The summed E-state index contributed by atoms with van der Waals surface area (Å²) in [5, 5.41) is 11.9. The second-order valence-electron chi connectivity index (χ2n) is 3.75. The molecule has 0 aliphatic heterocycles. The van der Waals surface area contributed by atoms with Gasteiger partial charge in [0, 0.05) is 18.2 Å². The van der Waals surface area contributed by atoms with Gasteiger partial charge in [0.2, 0.25) is 0 Å². The Morgan fingerprint density at radius 3 is 2.76 bits per heavy atom. The molecule has 0 saturated heterocycles. The fourth-order valence-electron chi connectivity index (χ4n) is 1.65. The Hall–Kier alpha value is -1.10. The molecule has 0 bridgehead atoms. The van der Waals surface area contributed by atoms with Crippen LogP contribution in [0, 0.1) is 0 Å². The first-order valence-electron chi connectivity index (χ1n) is 5.84. The van der Waals surface area contributed by atoms with Crippen LogP contribution in [0.5, 0.6) is 5.75 Å². The third-order valence-corrected chi connectivity index (χ3v) is 2.54. The largest absolute Gasteiger partial charge is 0.496 e. The molecule has 0 spiro atoms. The van der Waals surface area contributed by atoms with Crippen molar-refractivity contribution in [2.75, 3.05) is 33.5 Å². The van der Waals surface area contributed by atoms with E-state index in [0.717, 1.165) is 17.9 Å². The molecule has 4 nitrogen and oxygen atoms in total. The van der Waals surface area contributed by atoms with Crippen molar-refractivity contribution in [1.82, 2.24) is 5.32 Å². The van der Waals surface area contributed by atoms with E-state index in [4.69, 9.17) is 14.6 Å². The zero-order valence-electron chi connectivity index (χ0n) is 10.5. The summed E-state index contributed by atoms with van der Waals surface area (Å²) in [6.45, 7) is 3.90. The smallest absolute Gasteiger partial charge is 0.123 e. The molecule has 0 aliphatic rings. The van der Waals surface area contributed by atoms with Crippen molar-refractivity contribution < 1.29 is 14.6 Å². The van der Waals surface area contributed by atoms with Gasteiger partial charge < -0.3 is 19.9 Å². The number of hydrogen-bond acceptors (Lipinski definition) is 4. The lowest BCUT2D eigenvalue weighted by atomic mass is 10.1. The molecular formula is C13H21NO3. The molecule has 0 saturated carbocycles. The fraction of sp³-hybridized carbons (Fsp3) is 0.538. The van der Waals surface area contributed by atoms with E-state index in [1.54, 1.807) is 7.11 Å². The maximum absolute atomic E-state index is 8.56. The number of benzene rings is 1. The molecule has 17 heavy (non-hydrogen) atoms. The number of hydrogen-bond donors (Lipinski definition) is 2. The average Bonchev–Trinajstić information content (AvgIpc) is 2.38. The predicted molar refractivity (Wildman–Crippen MR) is 67.3 cm³/mol. The highest BCUT2D eigenvalue weighted by atomic mass is 16.5. The van der Waals surface area contributed by atoms with E-state index in [1.807, 2.05) is 24.3 Å². The van der Waals surface area contributed by atoms with E-state index in [0.29, 0.717) is 13.2 Å². The topological polar surface area (TPSA) is 50.7 Å². The number of para-hydroxylation sites is 1. The van der Waals surface area contributed by atoms with Gasteiger partial charge in [-0.1, -0.05) is 18.2 Å². The summed E-state index contributed by atoms with van der Waals surface area (Å²) in [5.41, 5.74) is 1.14. The highest BCUT2D eigenvalue weighted by Gasteiger charge is 2.09. The van der Waals surface area contributed by atoms with Crippen molar-refractivity contribution in [2.45, 2.75) is 13.0 Å². The lowest BCUT2D eigenvalue weighted by Gasteiger charge is -2.17. The van der Waals surface area contributed by atoms with Gasteiger partial charge in [0.25, 0.3) is 0 Å². The Balaban J connectivity index is 2.38. The van der Waals surface area contributed by atoms with Gasteiger partial charge in [-0.05, 0) is 13.0 Å². The number of aliphatic hydroxyl groups excluding tert-OH is 1. The first kappa shape index (κ1) is 14.0. The Morgan fingerprint density at radius 1 is 1.29 bits per heavy atom. The molecule has 0 heterocycles. The standard InChI is InChI=1S/C13H21NO3/c1-11(14-7-9-17-10-8-15)12-5-3-4-6-13(12)16-2/h3-6,11,14-15H,7-10H2,1-2H3/t11-/m0/s1. The lowest BCUT2D eigenvalue weighted by Crippen LogP contribution is -2.24. The highest BCUT2D eigenvalue weighted by Crippen LogP contribution is 2.23. The number of rotatable bonds is 8. The first-order chi connectivity index (χ1) is 8.29. The molecular weight excluding hydrogens is 218 g/mol. The molecule has 0 unspecified atom stereocenters. The fourth-order valence-corrected chi connectivity index (χ4v) is 1.65. The van der Waals surface area contributed by atoms with Crippen molar-refractivity contribution in [2.24, 2.45) is 0 Å². The van der Waals surface area contributed by atoms with Gasteiger partial charge in [0.1, 0.15) is 5.75 Å². The van der Waals surface area contributed by atoms with E-state index in [9.17, 15) is 0 Å². The molecule has 0 aliphatic carbocycles. The quantitative estimate of drug-likeness (QED) is 0.672. The van der Waals surface area contributed by atoms with E-state index in [1.165, 1.54) is 0 Å². The van der Waals surface area contributed by atoms with Crippen molar-refractivity contribution in [3.05, 3.63) is 29.8 Å². The molecule has 96 valence electrons. The molecule has 1 aromatic carbocycles. The molecule has 1 rings (SSSR count). The van der Waals surface area contributed by atoms with E-state index in [2.05, 4.69) is 12.2 Å². The van der Waals surface area contributed by atoms with Crippen LogP contribution < -0.4 is 10.1 Å². The van der Waals surface area contributed by atoms with E-state index in [-0.39, 0.29) is 12.6 Å². The summed E-state index contributed by atoms with van der Waals surface area (Å²) in [6.07, 6.45) is 0. The van der Waals surface area contributed by atoms with Crippen molar-refractivity contribution in [3.63, 3.8) is 0 Å². The van der Waals surface area contributed by atoms with Crippen LogP contribution in [-0.2, 0) is 4.74 Å². The Labute approximate surface area is 103 Å². The summed E-state index contributed by atoms with van der Waals surface area (Å²) in [6, 6.07) is 8.17. The Bertz CT molecular complexity index is 317. The average molecular weight is 239 g/mol. The number of ether oxygens (including phenoxy) is 2. The number of methoxy groups -OCH3 is 1. The normalized spacial score (nSPS) is 12.4. The highest BCUT2D eigenvalue weighted by molar-refractivity contribution is 5.35. The van der Waals surface area contributed by atoms with E-state index < -0.39 is 0 Å². The third kappa shape index (κ3) is 4.73. The summed E-state index contributed by atoms with van der Waals surface area (Å²) in [7, 11) is 1.68. The maximum atomic E-state index is 8.56. The van der Waals surface area contributed by atoms with Crippen LogP contribution in [-0.4, -0.2) is 38.6 Å². The molecule has 0 aromatic heterocycles. The number of nitrogens with one attached hydrogen (secondary N) is 1. The second-order valence-corrected chi connectivity index (χ2v) is 3.75. The number of aliphatic hydroxyl groups is 1. The van der Waals surface area contributed by atoms with Gasteiger partial charge >= 0.3 is 0 Å². The zero-order valence-corrected chi connectivity index (χ0v) is 10.5. The molecule has 0 amide bonds. The molecule has 0 fully saturated rings. The maximum Gasteiger partial charge on any atom is 0.123 e. The minimum Gasteiger partial charge on any atom is -0.496 e. The monoisotopic (exact) mass is 239 g/mol. The molecule has 4 heteroatoms. The minimum absolute atomic E-state index is 0.0715. The lowest BCUT2D eigenvalue weighted by molar-refractivity contribution is 0.0928. The van der Waals surface area contributed by atoms with Gasteiger partial charge in [-0.3, -0.25) is 0 Å². The predicted octanol–water partition coefficient (Wildman–Crippen LogP) is 1.35. The summed E-state index contributed by atoms with van der Waals surface area (Å²) >= 11 is 0. The van der Waals surface area contributed by atoms with Gasteiger partial charge in [0.05, 0.1) is 26.9 Å². The minimum atomic E-state index is 0.0715. The Morgan fingerprint density at radius 2 is 2.06 bits per heavy atom. The zero-order chi connectivity index (χ0) is 12.5. The van der Waals surface area contributed by atoms with Crippen LogP contribution in [0.4, 0.5) is 0 Å². The van der Waals surface area contributed by atoms with Crippen molar-refractivity contribution in [3.8, 4) is 5.75 Å². The molecule has 1 atom stereocenters. The Kier molecular flexibility index (Phi) is 6.62. The molecule has 0 radical (unpaired) electrons. The third-order valence-electron chi connectivity index (χ3n) is 2.54. The van der Waals surface area contributed by atoms with Gasteiger partial charge in [-0.2, -0.15) is 0 Å². The van der Waals surface area contributed by atoms with Crippen LogP contribution >= 0.6 is 0 Å². The molecule has 2 N–H and O–H groups in total. The summed E-state index contributed by atoms with van der Waals surface area (Å²) < 4.78 is 10.5. The van der Waals surface area contributed by atoms with Gasteiger partial charge in [0.15, 0.2) is 0 Å². The van der Waals surface area contributed by atoms with Crippen LogP contribution in [0.25, 0.3) is 0 Å². The van der Waals surface area contributed by atoms with Gasteiger partial charge in [-0.15, -0.1) is 0 Å². The summed E-state index contributed by atoms with van der Waals surface area (Å²) in [4.78, 5) is 0. The summed E-state index contributed by atoms with van der Waals surface area (Å²) in [5.74, 6) is 0.892. The SMILES string of the molecule is COc1ccccc1[C@H](C)NCCOCCO. The van der Waals surface area contributed by atoms with Crippen LogP contribution in [0.15, 0.2) is 24.3 Å². The molecule has 1 aromatic rings. The van der Waals surface area contributed by atoms with Crippen LogP contribution in [0.2, 0.25) is 0 Å².